The average Bonchev–Trinajstić information content (AvgIpc) is 3.03. The molecule has 0 N–H and O–H groups in total. The normalized spacial score (nSPS) is 17.0. The molecule has 1 aliphatic carbocycles. The molecule has 0 atom stereocenters. The molecule has 4 rings (SSSR count). The molecule has 1 saturated heterocycles. The summed E-state index contributed by atoms with van der Waals surface area (Å²) < 4.78 is 0. The van der Waals surface area contributed by atoms with E-state index in [4.69, 9.17) is 0 Å². The van der Waals surface area contributed by atoms with Crippen LogP contribution in [-0.2, 0) is 6.42 Å². The van der Waals surface area contributed by atoms with Crippen LogP contribution >= 0.6 is 0 Å². The number of piperazine rings is 1. The number of aromatic nitrogens is 1. The number of allylic oxidation sites excluding steroid dienone is 1. The van der Waals surface area contributed by atoms with Crippen LogP contribution in [0.3, 0.4) is 0 Å². The number of hydrogen-bond acceptors (Lipinski definition) is 3. The first-order valence-electron chi connectivity index (χ1n) is 8.02. The lowest BCUT2D eigenvalue weighted by Crippen LogP contribution is -2.47. The zero-order valence-corrected chi connectivity index (χ0v) is 13.0. The van der Waals surface area contributed by atoms with Crippen LogP contribution in [0, 0.1) is 6.92 Å². The maximum Gasteiger partial charge on any atom is 0.128 e. The quantitative estimate of drug-likeness (QED) is 0.846. The molecule has 1 aromatic carbocycles. The molecule has 2 heterocycles. The predicted molar refractivity (Wildman–Crippen MR) is 92.6 cm³/mol. The maximum absolute atomic E-state index is 4.65. The third-order valence-electron chi connectivity index (χ3n) is 4.71. The van der Waals surface area contributed by atoms with Gasteiger partial charge in [0.05, 0.1) is 0 Å². The highest BCUT2D eigenvalue weighted by molar-refractivity contribution is 5.62. The van der Waals surface area contributed by atoms with Crippen molar-refractivity contribution in [2.75, 3.05) is 36.0 Å². The zero-order chi connectivity index (χ0) is 14.9. The van der Waals surface area contributed by atoms with Crippen molar-refractivity contribution in [3.63, 3.8) is 0 Å². The van der Waals surface area contributed by atoms with E-state index in [1.807, 2.05) is 6.20 Å². The third kappa shape index (κ3) is 2.37. The first-order chi connectivity index (χ1) is 10.8. The number of rotatable bonds is 2. The molecule has 0 spiro atoms. The molecule has 0 amide bonds. The maximum atomic E-state index is 4.65. The Bertz CT molecular complexity index is 712. The number of fused-ring (bicyclic) bond motifs is 1. The SMILES string of the molecule is Cc1ccccc1N1CCN(c2cc3c(cn2)C=CC3)CC1. The molecule has 0 bridgehead atoms. The smallest absolute Gasteiger partial charge is 0.128 e. The molecule has 3 nitrogen and oxygen atoms in total. The average molecular weight is 291 g/mol. The van der Waals surface area contributed by atoms with Crippen LogP contribution < -0.4 is 9.80 Å². The Morgan fingerprint density at radius 1 is 1.00 bits per heavy atom. The fourth-order valence-corrected chi connectivity index (χ4v) is 3.40. The van der Waals surface area contributed by atoms with Crippen molar-refractivity contribution in [3.05, 3.63) is 59.3 Å². The van der Waals surface area contributed by atoms with E-state index in [9.17, 15) is 0 Å². The van der Waals surface area contributed by atoms with Gasteiger partial charge in [-0.25, -0.2) is 4.98 Å². The van der Waals surface area contributed by atoms with Crippen molar-refractivity contribution in [3.8, 4) is 0 Å². The van der Waals surface area contributed by atoms with E-state index in [1.54, 1.807) is 0 Å². The number of pyridine rings is 1. The summed E-state index contributed by atoms with van der Waals surface area (Å²) in [6, 6.07) is 10.9. The summed E-state index contributed by atoms with van der Waals surface area (Å²) in [6.45, 7) is 6.38. The Morgan fingerprint density at radius 3 is 2.59 bits per heavy atom. The van der Waals surface area contributed by atoms with Gasteiger partial charge >= 0.3 is 0 Å². The second-order valence-corrected chi connectivity index (χ2v) is 6.11. The topological polar surface area (TPSA) is 19.4 Å². The van der Waals surface area contributed by atoms with Gasteiger partial charge in [0.25, 0.3) is 0 Å². The minimum absolute atomic E-state index is 1.04. The van der Waals surface area contributed by atoms with Crippen LogP contribution in [0.1, 0.15) is 16.7 Å². The van der Waals surface area contributed by atoms with Crippen molar-refractivity contribution in [1.29, 1.82) is 0 Å². The van der Waals surface area contributed by atoms with Gasteiger partial charge < -0.3 is 9.80 Å². The molecule has 0 saturated carbocycles. The highest BCUT2D eigenvalue weighted by Gasteiger charge is 2.20. The first-order valence-corrected chi connectivity index (χ1v) is 8.02. The van der Waals surface area contributed by atoms with E-state index in [1.165, 1.54) is 22.4 Å². The van der Waals surface area contributed by atoms with Crippen LogP contribution in [0.25, 0.3) is 6.08 Å². The Labute approximate surface area is 131 Å². The number of para-hydroxylation sites is 1. The molecule has 1 fully saturated rings. The minimum atomic E-state index is 1.04. The largest absolute Gasteiger partial charge is 0.368 e. The van der Waals surface area contributed by atoms with E-state index in [0.717, 1.165) is 38.4 Å². The lowest BCUT2D eigenvalue weighted by Gasteiger charge is -2.37. The van der Waals surface area contributed by atoms with Crippen molar-refractivity contribution in [1.82, 2.24) is 4.98 Å². The molecular weight excluding hydrogens is 270 g/mol. The van der Waals surface area contributed by atoms with Crippen LogP contribution in [0.15, 0.2) is 42.6 Å². The van der Waals surface area contributed by atoms with Crippen molar-refractivity contribution in [2.24, 2.45) is 0 Å². The minimum Gasteiger partial charge on any atom is -0.368 e. The highest BCUT2D eigenvalue weighted by atomic mass is 15.3. The van der Waals surface area contributed by atoms with Crippen LogP contribution in [0.2, 0.25) is 0 Å². The molecule has 2 aromatic rings. The zero-order valence-electron chi connectivity index (χ0n) is 13.0. The number of aryl methyl sites for hydroxylation is 1. The van der Waals surface area contributed by atoms with E-state index in [-0.39, 0.29) is 0 Å². The molecule has 112 valence electrons. The number of benzene rings is 1. The molecule has 22 heavy (non-hydrogen) atoms. The Morgan fingerprint density at radius 2 is 1.77 bits per heavy atom. The summed E-state index contributed by atoms with van der Waals surface area (Å²) in [6.07, 6.45) is 7.45. The fourth-order valence-electron chi connectivity index (χ4n) is 3.40. The standard InChI is InChI=1S/C19H21N3/c1-15-5-2-3-8-18(15)21-9-11-22(12-10-21)19-13-16-6-4-7-17(16)14-20-19/h2-5,7-8,13-14H,6,9-12H2,1H3. The van der Waals surface area contributed by atoms with E-state index in [0.29, 0.717) is 0 Å². The number of hydrogen-bond donors (Lipinski definition) is 0. The monoisotopic (exact) mass is 291 g/mol. The summed E-state index contributed by atoms with van der Waals surface area (Å²) in [7, 11) is 0. The van der Waals surface area contributed by atoms with Crippen molar-refractivity contribution >= 4 is 17.6 Å². The first kappa shape index (κ1) is 13.4. The summed E-state index contributed by atoms with van der Waals surface area (Å²) in [5.41, 5.74) is 5.42. The van der Waals surface area contributed by atoms with Gasteiger partial charge in [0.1, 0.15) is 5.82 Å². The molecule has 1 aliphatic heterocycles. The predicted octanol–water partition coefficient (Wildman–Crippen LogP) is 3.29. The Hall–Kier alpha value is -2.29. The van der Waals surface area contributed by atoms with Gasteiger partial charge in [-0.15, -0.1) is 0 Å². The fraction of sp³-hybridized carbons (Fsp3) is 0.316. The van der Waals surface area contributed by atoms with Gasteiger partial charge in [-0.05, 0) is 42.2 Å². The molecule has 2 aliphatic rings. The Kier molecular flexibility index (Phi) is 3.34. The van der Waals surface area contributed by atoms with Gasteiger partial charge in [-0.1, -0.05) is 30.4 Å². The van der Waals surface area contributed by atoms with Crippen LogP contribution in [0.4, 0.5) is 11.5 Å². The second kappa shape index (κ2) is 5.48. The van der Waals surface area contributed by atoms with Crippen LogP contribution in [-0.4, -0.2) is 31.2 Å². The highest BCUT2D eigenvalue weighted by Crippen LogP contribution is 2.25. The van der Waals surface area contributed by atoms with Gasteiger partial charge in [-0.3, -0.25) is 0 Å². The second-order valence-electron chi connectivity index (χ2n) is 6.11. The van der Waals surface area contributed by atoms with Gasteiger partial charge in [0, 0.05) is 38.1 Å². The summed E-state index contributed by atoms with van der Waals surface area (Å²) in [5.74, 6) is 1.13. The summed E-state index contributed by atoms with van der Waals surface area (Å²) in [5, 5.41) is 0. The lowest BCUT2D eigenvalue weighted by atomic mass is 10.1. The van der Waals surface area contributed by atoms with Gasteiger partial charge in [-0.2, -0.15) is 0 Å². The summed E-state index contributed by atoms with van der Waals surface area (Å²) >= 11 is 0. The molecular formula is C19H21N3. The summed E-state index contributed by atoms with van der Waals surface area (Å²) in [4.78, 5) is 9.54. The van der Waals surface area contributed by atoms with E-state index >= 15 is 0 Å². The van der Waals surface area contributed by atoms with E-state index in [2.05, 4.69) is 64.2 Å². The van der Waals surface area contributed by atoms with Crippen LogP contribution in [0.5, 0.6) is 0 Å². The van der Waals surface area contributed by atoms with Gasteiger partial charge in [0.2, 0.25) is 0 Å². The molecule has 1 aromatic heterocycles. The number of anilines is 2. The molecule has 0 radical (unpaired) electrons. The third-order valence-corrected chi connectivity index (χ3v) is 4.71. The Balaban J connectivity index is 1.47. The lowest BCUT2D eigenvalue weighted by molar-refractivity contribution is 0.646. The molecule has 3 heteroatoms. The number of nitrogens with zero attached hydrogens (tertiary/aromatic N) is 3. The molecule has 0 unspecified atom stereocenters. The van der Waals surface area contributed by atoms with Crippen molar-refractivity contribution < 1.29 is 0 Å². The van der Waals surface area contributed by atoms with E-state index < -0.39 is 0 Å². The van der Waals surface area contributed by atoms with Gasteiger partial charge in [0.15, 0.2) is 0 Å². The van der Waals surface area contributed by atoms with Crippen molar-refractivity contribution in [2.45, 2.75) is 13.3 Å².